The van der Waals surface area contributed by atoms with Crippen molar-refractivity contribution in [2.45, 2.75) is 43.8 Å². The fraction of sp³-hybridized carbons (Fsp3) is 0.615. The summed E-state index contributed by atoms with van der Waals surface area (Å²) in [5, 5.41) is 3.53. The van der Waals surface area contributed by atoms with Gasteiger partial charge in [0, 0.05) is 12.1 Å². The second kappa shape index (κ2) is 6.78. The van der Waals surface area contributed by atoms with Crippen LogP contribution in [-0.4, -0.2) is 27.7 Å². The maximum Gasteiger partial charge on any atom is 0.230 e. The topological polar surface area (TPSA) is 107 Å². The summed E-state index contributed by atoms with van der Waals surface area (Å²) in [5.74, 6) is 1.49. The SMILES string of the molecule is C[C@@H]1CCCC[C@@H]1NC(=O)CSc1nc(N)cc(N)n1. The molecule has 1 heterocycles. The number of hydrogen-bond acceptors (Lipinski definition) is 6. The standard InChI is InChI=1S/C13H21N5OS/c1-8-4-2-3-5-9(8)16-12(19)7-20-13-17-10(14)6-11(15)18-13/h6,8-9H,2-5,7H2,1H3,(H,16,19)(H4,14,15,17,18)/t8-,9+/m1/s1. The molecule has 5 N–H and O–H groups in total. The lowest BCUT2D eigenvalue weighted by molar-refractivity contribution is -0.119. The van der Waals surface area contributed by atoms with E-state index in [-0.39, 0.29) is 11.7 Å². The van der Waals surface area contributed by atoms with E-state index in [1.54, 1.807) is 0 Å². The van der Waals surface area contributed by atoms with Crippen LogP contribution in [0.1, 0.15) is 32.6 Å². The van der Waals surface area contributed by atoms with Gasteiger partial charge in [0.2, 0.25) is 5.91 Å². The molecular formula is C13H21N5OS. The van der Waals surface area contributed by atoms with Gasteiger partial charge < -0.3 is 16.8 Å². The molecule has 1 aliphatic rings. The fourth-order valence-corrected chi connectivity index (χ4v) is 3.12. The number of nitrogen functional groups attached to an aromatic ring is 2. The van der Waals surface area contributed by atoms with Gasteiger partial charge in [0.05, 0.1) is 5.75 Å². The molecule has 1 aromatic heterocycles. The van der Waals surface area contributed by atoms with Gasteiger partial charge in [-0.25, -0.2) is 9.97 Å². The molecule has 1 aromatic rings. The molecule has 0 bridgehead atoms. The lowest BCUT2D eigenvalue weighted by Gasteiger charge is -2.29. The van der Waals surface area contributed by atoms with Gasteiger partial charge in [-0.15, -0.1) is 0 Å². The van der Waals surface area contributed by atoms with Crippen LogP contribution in [0.25, 0.3) is 0 Å². The van der Waals surface area contributed by atoms with E-state index in [1.807, 2.05) is 0 Å². The Labute approximate surface area is 123 Å². The maximum absolute atomic E-state index is 12.0. The second-order valence-electron chi connectivity index (χ2n) is 5.22. The summed E-state index contributed by atoms with van der Waals surface area (Å²) in [5.41, 5.74) is 11.2. The predicted octanol–water partition coefficient (Wildman–Crippen LogP) is 1.43. The number of nitrogens with zero attached hydrogens (tertiary/aromatic N) is 2. The van der Waals surface area contributed by atoms with E-state index in [0.717, 1.165) is 6.42 Å². The van der Waals surface area contributed by atoms with Crippen molar-refractivity contribution in [3.05, 3.63) is 6.07 Å². The summed E-state index contributed by atoms with van der Waals surface area (Å²) >= 11 is 1.25. The number of carbonyl (C=O) groups is 1. The monoisotopic (exact) mass is 295 g/mol. The Morgan fingerprint density at radius 1 is 1.35 bits per heavy atom. The number of rotatable bonds is 4. The van der Waals surface area contributed by atoms with Crippen LogP contribution >= 0.6 is 11.8 Å². The van der Waals surface area contributed by atoms with Crippen molar-refractivity contribution in [3.63, 3.8) is 0 Å². The normalized spacial score (nSPS) is 22.4. The molecule has 0 unspecified atom stereocenters. The first kappa shape index (κ1) is 14.9. The summed E-state index contributed by atoms with van der Waals surface area (Å²) < 4.78 is 0. The van der Waals surface area contributed by atoms with Crippen LogP contribution in [0.2, 0.25) is 0 Å². The molecular weight excluding hydrogens is 274 g/mol. The third kappa shape index (κ3) is 4.26. The Morgan fingerprint density at radius 3 is 2.65 bits per heavy atom. The van der Waals surface area contributed by atoms with E-state index >= 15 is 0 Å². The number of aromatic nitrogens is 2. The number of nitrogens with two attached hydrogens (primary N) is 2. The quantitative estimate of drug-likeness (QED) is 0.573. The molecule has 7 heteroatoms. The van der Waals surface area contributed by atoms with E-state index in [2.05, 4.69) is 22.2 Å². The van der Waals surface area contributed by atoms with Crippen molar-refractivity contribution in [2.75, 3.05) is 17.2 Å². The molecule has 1 saturated carbocycles. The van der Waals surface area contributed by atoms with Gasteiger partial charge in [-0.05, 0) is 18.8 Å². The number of anilines is 2. The molecule has 1 fully saturated rings. The van der Waals surface area contributed by atoms with E-state index < -0.39 is 0 Å². The minimum atomic E-state index is 0.0124. The van der Waals surface area contributed by atoms with Gasteiger partial charge in [-0.3, -0.25) is 4.79 Å². The number of hydrogen-bond donors (Lipinski definition) is 3. The molecule has 1 amide bonds. The third-order valence-electron chi connectivity index (χ3n) is 3.54. The first-order chi connectivity index (χ1) is 9.54. The first-order valence-corrected chi connectivity index (χ1v) is 7.85. The van der Waals surface area contributed by atoms with Crippen molar-refractivity contribution in [2.24, 2.45) is 5.92 Å². The van der Waals surface area contributed by atoms with Crippen molar-refractivity contribution < 1.29 is 4.79 Å². The van der Waals surface area contributed by atoms with Gasteiger partial charge in [0.25, 0.3) is 0 Å². The number of amides is 1. The summed E-state index contributed by atoms with van der Waals surface area (Å²) in [6.45, 7) is 2.19. The van der Waals surface area contributed by atoms with Gasteiger partial charge in [-0.2, -0.15) is 0 Å². The summed E-state index contributed by atoms with van der Waals surface area (Å²) in [6.07, 6.45) is 4.71. The van der Waals surface area contributed by atoms with Crippen LogP contribution in [0.4, 0.5) is 11.6 Å². The first-order valence-electron chi connectivity index (χ1n) is 6.87. The smallest absolute Gasteiger partial charge is 0.230 e. The average molecular weight is 295 g/mol. The molecule has 0 aromatic carbocycles. The lowest BCUT2D eigenvalue weighted by atomic mass is 9.86. The maximum atomic E-state index is 12.0. The predicted molar refractivity (Wildman–Crippen MR) is 81.1 cm³/mol. The Kier molecular flexibility index (Phi) is 5.05. The third-order valence-corrected chi connectivity index (χ3v) is 4.38. The van der Waals surface area contributed by atoms with Crippen LogP contribution < -0.4 is 16.8 Å². The molecule has 0 aliphatic heterocycles. The molecule has 2 atom stereocenters. The Morgan fingerprint density at radius 2 is 2.00 bits per heavy atom. The van der Waals surface area contributed by atoms with Gasteiger partial charge in [0.15, 0.2) is 5.16 Å². The van der Waals surface area contributed by atoms with Crippen LogP contribution in [0.15, 0.2) is 11.2 Å². The molecule has 0 spiro atoms. The Bertz CT molecular complexity index is 462. The van der Waals surface area contributed by atoms with Gasteiger partial charge >= 0.3 is 0 Å². The highest BCUT2D eigenvalue weighted by Crippen LogP contribution is 2.24. The summed E-state index contributed by atoms with van der Waals surface area (Å²) in [7, 11) is 0. The highest BCUT2D eigenvalue weighted by Gasteiger charge is 2.22. The number of carbonyl (C=O) groups excluding carboxylic acids is 1. The molecule has 1 aliphatic carbocycles. The van der Waals surface area contributed by atoms with Crippen LogP contribution in [0.3, 0.4) is 0 Å². The second-order valence-corrected chi connectivity index (χ2v) is 6.17. The van der Waals surface area contributed by atoms with E-state index in [1.165, 1.54) is 37.1 Å². The zero-order chi connectivity index (χ0) is 14.5. The molecule has 0 saturated heterocycles. The fourth-order valence-electron chi connectivity index (χ4n) is 2.44. The number of nitrogens with one attached hydrogen (secondary N) is 1. The van der Waals surface area contributed by atoms with Gasteiger partial charge in [-0.1, -0.05) is 31.5 Å². The number of thioether (sulfide) groups is 1. The average Bonchev–Trinajstić information content (AvgIpc) is 2.38. The minimum Gasteiger partial charge on any atom is -0.383 e. The molecule has 110 valence electrons. The largest absolute Gasteiger partial charge is 0.383 e. The van der Waals surface area contributed by atoms with Crippen molar-refractivity contribution in [3.8, 4) is 0 Å². The van der Waals surface area contributed by atoms with Crippen molar-refractivity contribution in [1.29, 1.82) is 0 Å². The lowest BCUT2D eigenvalue weighted by Crippen LogP contribution is -2.41. The van der Waals surface area contributed by atoms with E-state index in [4.69, 9.17) is 11.5 Å². The van der Waals surface area contributed by atoms with Crippen LogP contribution in [0, 0.1) is 5.92 Å². The van der Waals surface area contributed by atoms with E-state index in [0.29, 0.717) is 28.8 Å². The molecule has 2 rings (SSSR count). The minimum absolute atomic E-state index is 0.0124. The summed E-state index contributed by atoms with van der Waals surface area (Å²) in [6, 6.07) is 1.79. The summed E-state index contributed by atoms with van der Waals surface area (Å²) in [4.78, 5) is 20.0. The Balaban J connectivity index is 1.82. The van der Waals surface area contributed by atoms with Crippen molar-refractivity contribution in [1.82, 2.24) is 15.3 Å². The zero-order valence-electron chi connectivity index (χ0n) is 11.6. The molecule has 20 heavy (non-hydrogen) atoms. The molecule has 6 nitrogen and oxygen atoms in total. The van der Waals surface area contributed by atoms with Crippen LogP contribution in [-0.2, 0) is 4.79 Å². The zero-order valence-corrected chi connectivity index (χ0v) is 12.4. The molecule has 0 radical (unpaired) electrons. The van der Waals surface area contributed by atoms with Gasteiger partial charge in [0.1, 0.15) is 11.6 Å². The van der Waals surface area contributed by atoms with E-state index in [9.17, 15) is 4.79 Å². The van der Waals surface area contributed by atoms with Crippen molar-refractivity contribution >= 4 is 29.3 Å². The highest BCUT2D eigenvalue weighted by atomic mass is 32.2. The Hall–Kier alpha value is -1.50. The van der Waals surface area contributed by atoms with Crippen LogP contribution in [0.5, 0.6) is 0 Å². The highest BCUT2D eigenvalue weighted by molar-refractivity contribution is 7.99.